The molecule has 1 aliphatic rings. The minimum atomic E-state index is -0.0854. The second kappa shape index (κ2) is 9.51. The molecule has 1 aliphatic carbocycles. The molecule has 0 atom stereocenters. The van der Waals surface area contributed by atoms with Crippen LogP contribution in [0.5, 0.6) is 0 Å². The SMILES string of the molecule is CC1(C)c2ccccc2-c2cc3c(cc21)c1ccccc1n3-c1cc(-c2cccc3oc4ccccc4c23)nc(-c2ccccc2)n1. The number of para-hydroxylation sites is 2. The first-order chi connectivity index (χ1) is 23.1. The Bertz CT molecular complexity index is 2710. The third-order valence-electron chi connectivity index (χ3n) is 10.0. The van der Waals surface area contributed by atoms with Crippen LogP contribution in [0.25, 0.3) is 83.3 Å². The van der Waals surface area contributed by atoms with Crippen molar-refractivity contribution in [1.29, 1.82) is 0 Å². The van der Waals surface area contributed by atoms with Crippen molar-refractivity contribution in [2.75, 3.05) is 0 Å². The van der Waals surface area contributed by atoms with Gasteiger partial charge >= 0.3 is 0 Å². The summed E-state index contributed by atoms with van der Waals surface area (Å²) in [6.07, 6.45) is 0. The molecule has 9 aromatic rings. The minimum Gasteiger partial charge on any atom is -0.456 e. The van der Waals surface area contributed by atoms with E-state index in [0.717, 1.165) is 55.6 Å². The standard InChI is InChI=1S/C43H29N3O/c1-43(2)33-19-9-6-15-27(33)31-24-37-32(23-34(31)43)28-16-7-10-20-36(28)46(37)40-25-35(44-42(45-40)26-13-4-3-5-14-26)29-18-12-22-39-41(29)30-17-8-11-21-38(30)47-39/h3-25H,1-2H3. The largest absolute Gasteiger partial charge is 0.456 e. The monoisotopic (exact) mass is 603 g/mol. The predicted molar refractivity (Wildman–Crippen MR) is 192 cm³/mol. The van der Waals surface area contributed by atoms with Gasteiger partial charge in [0, 0.05) is 44.2 Å². The molecule has 0 saturated carbocycles. The molecule has 4 heteroatoms. The van der Waals surface area contributed by atoms with Crippen LogP contribution in [0.15, 0.2) is 144 Å². The number of hydrogen-bond donors (Lipinski definition) is 0. The normalized spacial score (nSPS) is 13.5. The Balaban J connectivity index is 1.31. The second-order valence-corrected chi connectivity index (χ2v) is 13.0. The first-order valence-electron chi connectivity index (χ1n) is 16.1. The number of rotatable bonds is 3. The number of hydrogen-bond acceptors (Lipinski definition) is 3. The Labute approximate surface area is 271 Å². The van der Waals surface area contributed by atoms with E-state index < -0.39 is 0 Å². The molecule has 0 spiro atoms. The Morgan fingerprint density at radius 1 is 0.532 bits per heavy atom. The molecule has 47 heavy (non-hydrogen) atoms. The third kappa shape index (κ3) is 3.70. The summed E-state index contributed by atoms with van der Waals surface area (Å²) < 4.78 is 8.61. The summed E-state index contributed by atoms with van der Waals surface area (Å²) in [7, 11) is 0. The number of benzene rings is 6. The van der Waals surface area contributed by atoms with Crippen molar-refractivity contribution in [3.8, 4) is 39.6 Å². The van der Waals surface area contributed by atoms with Gasteiger partial charge in [-0.3, -0.25) is 4.57 Å². The van der Waals surface area contributed by atoms with E-state index in [4.69, 9.17) is 14.4 Å². The van der Waals surface area contributed by atoms with Crippen molar-refractivity contribution in [2.45, 2.75) is 19.3 Å². The molecule has 0 N–H and O–H groups in total. The van der Waals surface area contributed by atoms with Gasteiger partial charge in [0.2, 0.25) is 0 Å². The van der Waals surface area contributed by atoms with Gasteiger partial charge in [-0.25, -0.2) is 9.97 Å². The zero-order valence-electron chi connectivity index (χ0n) is 26.0. The Hall–Kier alpha value is -6.00. The third-order valence-corrected chi connectivity index (χ3v) is 10.0. The van der Waals surface area contributed by atoms with Gasteiger partial charge in [0.05, 0.1) is 16.7 Å². The molecule has 4 nitrogen and oxygen atoms in total. The van der Waals surface area contributed by atoms with E-state index in [1.807, 2.05) is 42.5 Å². The summed E-state index contributed by atoms with van der Waals surface area (Å²) in [4.78, 5) is 10.5. The molecule has 0 radical (unpaired) electrons. The van der Waals surface area contributed by atoms with E-state index >= 15 is 0 Å². The van der Waals surface area contributed by atoms with Crippen LogP contribution in [-0.4, -0.2) is 14.5 Å². The molecule has 0 unspecified atom stereocenters. The summed E-state index contributed by atoms with van der Waals surface area (Å²) >= 11 is 0. The van der Waals surface area contributed by atoms with Crippen LogP contribution in [0, 0.1) is 0 Å². The Morgan fingerprint density at radius 2 is 1.26 bits per heavy atom. The zero-order chi connectivity index (χ0) is 31.3. The number of fused-ring (bicyclic) bond motifs is 9. The molecule has 10 rings (SSSR count). The van der Waals surface area contributed by atoms with Crippen LogP contribution in [0.3, 0.4) is 0 Å². The maximum Gasteiger partial charge on any atom is 0.162 e. The molecule has 0 amide bonds. The Kier molecular flexibility index (Phi) is 5.31. The highest BCUT2D eigenvalue weighted by Crippen LogP contribution is 2.51. The van der Waals surface area contributed by atoms with Gasteiger partial charge in [-0.05, 0) is 52.6 Å². The predicted octanol–water partition coefficient (Wildman–Crippen LogP) is 11.1. The molecule has 0 fully saturated rings. The van der Waals surface area contributed by atoms with E-state index in [2.05, 4.69) is 115 Å². The molecule has 0 bridgehead atoms. The van der Waals surface area contributed by atoms with Crippen LogP contribution < -0.4 is 0 Å². The summed E-state index contributed by atoms with van der Waals surface area (Å²) in [5.74, 6) is 1.51. The van der Waals surface area contributed by atoms with Crippen molar-refractivity contribution < 1.29 is 4.42 Å². The van der Waals surface area contributed by atoms with Crippen molar-refractivity contribution >= 4 is 43.7 Å². The number of furan rings is 1. The second-order valence-electron chi connectivity index (χ2n) is 13.0. The molecule has 0 saturated heterocycles. The number of nitrogens with zero attached hydrogens (tertiary/aromatic N) is 3. The molecular formula is C43H29N3O. The quantitative estimate of drug-likeness (QED) is 0.202. The average molecular weight is 604 g/mol. The highest BCUT2D eigenvalue weighted by Gasteiger charge is 2.36. The van der Waals surface area contributed by atoms with Gasteiger partial charge in [0.15, 0.2) is 5.82 Å². The van der Waals surface area contributed by atoms with Crippen molar-refractivity contribution in [3.05, 3.63) is 151 Å². The van der Waals surface area contributed by atoms with Crippen LogP contribution in [0.1, 0.15) is 25.0 Å². The molecule has 222 valence electrons. The maximum atomic E-state index is 6.29. The average Bonchev–Trinajstić information content (AvgIpc) is 3.73. The van der Waals surface area contributed by atoms with Crippen LogP contribution >= 0.6 is 0 Å². The minimum absolute atomic E-state index is 0.0854. The van der Waals surface area contributed by atoms with E-state index in [-0.39, 0.29) is 5.41 Å². The maximum absolute atomic E-state index is 6.29. The highest BCUT2D eigenvalue weighted by atomic mass is 16.3. The molecule has 0 aliphatic heterocycles. The fraction of sp³-hybridized carbons (Fsp3) is 0.0698. The van der Waals surface area contributed by atoms with Gasteiger partial charge in [-0.15, -0.1) is 0 Å². The van der Waals surface area contributed by atoms with Crippen LogP contribution in [-0.2, 0) is 5.41 Å². The topological polar surface area (TPSA) is 43.9 Å². The van der Waals surface area contributed by atoms with Gasteiger partial charge in [-0.1, -0.05) is 117 Å². The lowest BCUT2D eigenvalue weighted by atomic mass is 9.82. The fourth-order valence-electron chi connectivity index (χ4n) is 7.80. The highest BCUT2D eigenvalue weighted by molar-refractivity contribution is 6.13. The Morgan fingerprint density at radius 3 is 2.15 bits per heavy atom. The van der Waals surface area contributed by atoms with Gasteiger partial charge in [0.1, 0.15) is 17.0 Å². The molecule has 6 aromatic carbocycles. The van der Waals surface area contributed by atoms with Crippen molar-refractivity contribution in [2.24, 2.45) is 0 Å². The van der Waals surface area contributed by atoms with E-state index in [1.54, 1.807) is 0 Å². The lowest BCUT2D eigenvalue weighted by molar-refractivity contribution is 0.661. The van der Waals surface area contributed by atoms with Gasteiger partial charge < -0.3 is 4.42 Å². The number of aromatic nitrogens is 3. The zero-order valence-corrected chi connectivity index (χ0v) is 26.0. The lowest BCUT2D eigenvalue weighted by Gasteiger charge is -2.21. The van der Waals surface area contributed by atoms with Crippen LogP contribution in [0.2, 0.25) is 0 Å². The first kappa shape index (κ1) is 26.2. The van der Waals surface area contributed by atoms with Crippen molar-refractivity contribution in [3.63, 3.8) is 0 Å². The summed E-state index contributed by atoms with van der Waals surface area (Å²) in [6.45, 7) is 4.68. The van der Waals surface area contributed by atoms with Gasteiger partial charge in [0.25, 0.3) is 0 Å². The molecule has 3 aromatic heterocycles. The smallest absolute Gasteiger partial charge is 0.162 e. The van der Waals surface area contributed by atoms with E-state index in [0.29, 0.717) is 5.82 Å². The van der Waals surface area contributed by atoms with E-state index in [1.165, 1.54) is 33.0 Å². The van der Waals surface area contributed by atoms with Crippen molar-refractivity contribution in [1.82, 2.24) is 14.5 Å². The summed E-state index contributed by atoms with van der Waals surface area (Å²) in [5, 5.41) is 4.57. The summed E-state index contributed by atoms with van der Waals surface area (Å²) in [5.41, 5.74) is 12.0. The summed E-state index contributed by atoms with van der Waals surface area (Å²) in [6, 6.07) is 49.2. The lowest BCUT2D eigenvalue weighted by Crippen LogP contribution is -2.14. The van der Waals surface area contributed by atoms with Crippen LogP contribution in [0.4, 0.5) is 0 Å². The van der Waals surface area contributed by atoms with E-state index in [9.17, 15) is 0 Å². The molecule has 3 heterocycles. The van der Waals surface area contributed by atoms with Gasteiger partial charge in [-0.2, -0.15) is 0 Å². The first-order valence-corrected chi connectivity index (χ1v) is 16.1. The molecular weight excluding hydrogens is 574 g/mol. The fourth-order valence-corrected chi connectivity index (χ4v) is 7.80.